The number of aromatic nitrogens is 1. The number of benzene rings is 1. The summed E-state index contributed by atoms with van der Waals surface area (Å²) in [6.45, 7) is 4.42. The lowest BCUT2D eigenvalue weighted by molar-refractivity contribution is -0.155. The zero-order valence-electron chi connectivity index (χ0n) is 20.3. The Morgan fingerprint density at radius 3 is 2.69 bits per heavy atom. The Labute approximate surface area is 204 Å². The first-order valence-corrected chi connectivity index (χ1v) is 11.9. The molecule has 1 aliphatic rings. The van der Waals surface area contributed by atoms with Gasteiger partial charge in [0.15, 0.2) is 17.2 Å². The molecule has 4 atom stereocenters. The molecule has 190 valence electrons. The molecule has 9 heteroatoms. The van der Waals surface area contributed by atoms with Gasteiger partial charge in [-0.2, -0.15) is 0 Å². The number of esters is 1. The van der Waals surface area contributed by atoms with Crippen molar-refractivity contribution in [3.8, 4) is 11.5 Å². The minimum absolute atomic E-state index is 0.107. The zero-order chi connectivity index (χ0) is 25.4. The average molecular weight is 489 g/mol. The summed E-state index contributed by atoms with van der Waals surface area (Å²) in [5.41, 5.74) is 0.691. The predicted molar refractivity (Wildman–Crippen MR) is 127 cm³/mol. The molecule has 3 rings (SSSR count). The second-order valence-electron chi connectivity index (χ2n) is 8.71. The Balaban J connectivity index is 1.77. The van der Waals surface area contributed by atoms with E-state index in [0.717, 1.165) is 12.0 Å². The number of cyclic esters (lactones) is 1. The third-order valence-electron chi connectivity index (χ3n) is 6.20. The Morgan fingerprint density at radius 2 is 2.00 bits per heavy atom. The summed E-state index contributed by atoms with van der Waals surface area (Å²) in [6.07, 6.45) is 3.70. The highest BCUT2D eigenvalue weighted by Crippen LogP contribution is 2.29. The number of methoxy groups -OCH3 is 1. The van der Waals surface area contributed by atoms with Crippen molar-refractivity contribution in [1.29, 1.82) is 0 Å². The first-order valence-electron chi connectivity index (χ1n) is 11.9. The van der Waals surface area contributed by atoms with Crippen LogP contribution in [0.5, 0.6) is 11.5 Å². The van der Waals surface area contributed by atoms with E-state index in [4.69, 9.17) is 14.2 Å². The monoisotopic (exact) mass is 488 g/mol. The van der Waals surface area contributed by atoms with Crippen LogP contribution in [0, 0.1) is 11.7 Å². The molecular weight excluding hydrogens is 455 g/mol. The van der Waals surface area contributed by atoms with Crippen molar-refractivity contribution in [3.63, 3.8) is 0 Å². The molecule has 0 radical (unpaired) electrons. The molecule has 35 heavy (non-hydrogen) atoms. The number of nitrogens with one attached hydrogen (secondary N) is 1. The van der Waals surface area contributed by atoms with Crippen molar-refractivity contribution >= 4 is 11.9 Å². The van der Waals surface area contributed by atoms with Gasteiger partial charge in [-0.15, -0.1) is 0 Å². The van der Waals surface area contributed by atoms with Crippen LogP contribution in [0.1, 0.15) is 55.6 Å². The maximum Gasteiger partial charge on any atom is 0.328 e. The van der Waals surface area contributed by atoms with E-state index in [-0.39, 0.29) is 29.3 Å². The standard InChI is InChI=1S/C26H33FN2O6/c1-4-14-34-21-7-5-6-20(29-25(31)23-24(30)22(33-3)12-13-28-23)26(32)35-16(2)19(21)15-17-8-10-18(27)11-9-17/h8-13,16,19-21,30H,4-7,14-15H2,1-3H3,(H,29,31)/t16-,19-,20-,21-/m0/s1. The lowest BCUT2D eigenvalue weighted by atomic mass is 9.87. The first-order chi connectivity index (χ1) is 16.8. The van der Waals surface area contributed by atoms with E-state index in [1.807, 2.05) is 13.8 Å². The molecule has 1 aliphatic heterocycles. The Morgan fingerprint density at radius 1 is 1.26 bits per heavy atom. The lowest BCUT2D eigenvalue weighted by Gasteiger charge is -2.31. The zero-order valence-corrected chi connectivity index (χ0v) is 20.3. The van der Waals surface area contributed by atoms with Crippen LogP contribution in [0.4, 0.5) is 4.39 Å². The summed E-state index contributed by atoms with van der Waals surface area (Å²) in [7, 11) is 1.37. The van der Waals surface area contributed by atoms with Gasteiger partial charge in [0, 0.05) is 24.8 Å². The Hall–Kier alpha value is -3.20. The quantitative estimate of drug-likeness (QED) is 0.544. The fraction of sp³-hybridized carbons (Fsp3) is 0.500. The van der Waals surface area contributed by atoms with Crippen molar-refractivity contribution in [3.05, 3.63) is 53.6 Å². The number of amides is 1. The summed E-state index contributed by atoms with van der Waals surface area (Å²) in [5.74, 6) is -2.00. The third kappa shape index (κ3) is 6.91. The van der Waals surface area contributed by atoms with Crippen molar-refractivity contribution in [2.45, 2.75) is 64.2 Å². The van der Waals surface area contributed by atoms with Crippen LogP contribution in [0.15, 0.2) is 36.5 Å². The molecule has 1 aromatic carbocycles. The van der Waals surface area contributed by atoms with Crippen LogP contribution in [-0.4, -0.2) is 53.9 Å². The molecule has 2 heterocycles. The van der Waals surface area contributed by atoms with Gasteiger partial charge in [-0.1, -0.05) is 19.1 Å². The summed E-state index contributed by atoms with van der Waals surface area (Å²) >= 11 is 0. The molecule has 2 N–H and O–H groups in total. The van der Waals surface area contributed by atoms with Gasteiger partial charge in [0.2, 0.25) is 0 Å². The molecule has 1 amide bonds. The highest BCUT2D eigenvalue weighted by Gasteiger charge is 2.35. The van der Waals surface area contributed by atoms with E-state index < -0.39 is 29.8 Å². The number of hydrogen-bond acceptors (Lipinski definition) is 7. The van der Waals surface area contributed by atoms with E-state index >= 15 is 0 Å². The molecule has 0 aliphatic carbocycles. The van der Waals surface area contributed by atoms with E-state index in [2.05, 4.69) is 10.3 Å². The van der Waals surface area contributed by atoms with E-state index in [1.165, 1.54) is 31.5 Å². The molecule has 8 nitrogen and oxygen atoms in total. The van der Waals surface area contributed by atoms with Gasteiger partial charge in [0.1, 0.15) is 18.0 Å². The smallest absolute Gasteiger partial charge is 0.328 e. The summed E-state index contributed by atoms with van der Waals surface area (Å²) < 4.78 is 30.4. The number of carbonyl (C=O) groups is 2. The highest BCUT2D eigenvalue weighted by molar-refractivity contribution is 5.97. The summed E-state index contributed by atoms with van der Waals surface area (Å²) in [6, 6.07) is 6.80. The van der Waals surface area contributed by atoms with Gasteiger partial charge >= 0.3 is 5.97 Å². The van der Waals surface area contributed by atoms with E-state index in [0.29, 0.717) is 32.3 Å². The average Bonchev–Trinajstić information content (AvgIpc) is 2.89. The summed E-state index contributed by atoms with van der Waals surface area (Å²) in [4.78, 5) is 29.8. The van der Waals surface area contributed by atoms with Crippen LogP contribution in [-0.2, 0) is 20.7 Å². The van der Waals surface area contributed by atoms with Crippen LogP contribution < -0.4 is 10.1 Å². The van der Waals surface area contributed by atoms with Gasteiger partial charge < -0.3 is 24.6 Å². The number of carbonyl (C=O) groups excluding carboxylic acids is 2. The normalized spacial score (nSPS) is 22.9. The van der Waals surface area contributed by atoms with Gasteiger partial charge in [-0.05, 0) is 56.7 Å². The Bertz CT molecular complexity index is 1000. The molecule has 0 saturated carbocycles. The number of nitrogens with zero attached hydrogens (tertiary/aromatic N) is 1. The molecule has 0 unspecified atom stereocenters. The van der Waals surface area contributed by atoms with Gasteiger partial charge in [-0.25, -0.2) is 14.2 Å². The van der Waals surface area contributed by atoms with Crippen LogP contribution in [0.2, 0.25) is 0 Å². The minimum atomic E-state index is -0.909. The number of aromatic hydroxyl groups is 1. The Kier molecular flexibility index (Phi) is 9.42. The molecule has 1 aromatic heterocycles. The minimum Gasteiger partial charge on any atom is -0.503 e. The molecule has 0 spiro atoms. The highest BCUT2D eigenvalue weighted by atomic mass is 19.1. The number of pyridine rings is 1. The maximum atomic E-state index is 13.4. The molecular formula is C26H33FN2O6. The summed E-state index contributed by atoms with van der Waals surface area (Å²) in [5, 5.41) is 12.9. The largest absolute Gasteiger partial charge is 0.503 e. The number of ether oxygens (including phenoxy) is 3. The number of halogens is 1. The molecule has 1 fully saturated rings. The van der Waals surface area contributed by atoms with E-state index in [9.17, 15) is 19.1 Å². The third-order valence-corrected chi connectivity index (χ3v) is 6.20. The van der Waals surface area contributed by atoms with Crippen molar-refractivity contribution in [2.75, 3.05) is 13.7 Å². The van der Waals surface area contributed by atoms with Gasteiger partial charge in [-0.3, -0.25) is 4.79 Å². The SMILES string of the molecule is CCCO[C@H]1CCC[C@H](NC(=O)c2nccc(OC)c2O)C(=O)O[C@@H](C)[C@@H]1Cc1ccc(F)cc1. The number of rotatable bonds is 8. The van der Waals surface area contributed by atoms with Crippen molar-refractivity contribution < 1.29 is 33.3 Å². The van der Waals surface area contributed by atoms with Crippen molar-refractivity contribution in [2.24, 2.45) is 5.92 Å². The molecule has 1 saturated heterocycles. The fourth-order valence-electron chi connectivity index (χ4n) is 4.30. The van der Waals surface area contributed by atoms with Gasteiger partial charge in [0.05, 0.1) is 13.2 Å². The predicted octanol–water partition coefficient (Wildman–Crippen LogP) is 3.80. The first kappa shape index (κ1) is 26.4. The second kappa shape index (κ2) is 12.5. The van der Waals surface area contributed by atoms with Crippen molar-refractivity contribution in [1.82, 2.24) is 10.3 Å². The van der Waals surface area contributed by atoms with E-state index in [1.54, 1.807) is 12.1 Å². The van der Waals surface area contributed by atoms with Crippen LogP contribution >= 0.6 is 0 Å². The molecule has 2 aromatic rings. The molecule has 0 bridgehead atoms. The van der Waals surface area contributed by atoms with Crippen LogP contribution in [0.25, 0.3) is 0 Å². The second-order valence-corrected chi connectivity index (χ2v) is 8.71. The number of hydrogen-bond donors (Lipinski definition) is 2. The van der Waals surface area contributed by atoms with Gasteiger partial charge in [0.25, 0.3) is 5.91 Å². The topological polar surface area (TPSA) is 107 Å². The van der Waals surface area contributed by atoms with Crippen LogP contribution in [0.3, 0.4) is 0 Å². The fourth-order valence-corrected chi connectivity index (χ4v) is 4.30. The lowest BCUT2D eigenvalue weighted by Crippen LogP contribution is -2.44. The maximum absolute atomic E-state index is 13.4.